The van der Waals surface area contributed by atoms with Crippen molar-refractivity contribution in [3.05, 3.63) is 23.8 Å². The summed E-state index contributed by atoms with van der Waals surface area (Å²) in [6.45, 7) is 3.00. The lowest BCUT2D eigenvalue weighted by atomic mass is 9.98. The van der Waals surface area contributed by atoms with E-state index in [0.717, 1.165) is 18.0 Å². The van der Waals surface area contributed by atoms with Crippen LogP contribution in [0, 0.1) is 5.92 Å². The Labute approximate surface area is 128 Å². The monoisotopic (exact) mass is 292 g/mol. The van der Waals surface area contributed by atoms with Gasteiger partial charge < -0.3 is 15.2 Å². The molecule has 3 unspecified atom stereocenters. The number of nitrogens with zero attached hydrogens (tertiary/aromatic N) is 1. The molecule has 4 nitrogen and oxygen atoms in total. The molecule has 1 aliphatic carbocycles. The van der Waals surface area contributed by atoms with E-state index in [2.05, 4.69) is 24.9 Å². The van der Waals surface area contributed by atoms with Crippen LogP contribution in [0.2, 0.25) is 0 Å². The molecule has 1 fully saturated rings. The smallest absolute Gasteiger partial charge is 0.123 e. The molecule has 0 saturated heterocycles. The van der Waals surface area contributed by atoms with Crippen LogP contribution in [-0.4, -0.2) is 38.8 Å². The molecule has 1 aliphatic rings. The van der Waals surface area contributed by atoms with Crippen LogP contribution in [0.15, 0.2) is 18.2 Å². The van der Waals surface area contributed by atoms with Gasteiger partial charge in [0.05, 0.1) is 14.2 Å². The number of methoxy groups -OCH3 is 2. The minimum atomic E-state index is 0.271. The lowest BCUT2D eigenvalue weighted by molar-refractivity contribution is 0.150. The molecule has 2 rings (SSSR count). The molecular formula is C17H28N2O2. The van der Waals surface area contributed by atoms with E-state index in [1.807, 2.05) is 12.1 Å². The van der Waals surface area contributed by atoms with Crippen molar-refractivity contribution < 1.29 is 9.47 Å². The maximum Gasteiger partial charge on any atom is 0.123 e. The summed E-state index contributed by atoms with van der Waals surface area (Å²) in [5.74, 6) is 2.39. The minimum Gasteiger partial charge on any atom is -0.497 e. The average Bonchev–Trinajstić information content (AvgIpc) is 3.01. The minimum absolute atomic E-state index is 0.271. The van der Waals surface area contributed by atoms with Gasteiger partial charge in [0.15, 0.2) is 0 Å². The Morgan fingerprint density at radius 1 is 1.29 bits per heavy atom. The maximum absolute atomic E-state index is 5.93. The molecule has 0 bridgehead atoms. The molecule has 1 aromatic rings. The van der Waals surface area contributed by atoms with Crippen molar-refractivity contribution in [1.82, 2.24) is 4.90 Å². The predicted molar refractivity (Wildman–Crippen MR) is 85.9 cm³/mol. The van der Waals surface area contributed by atoms with E-state index in [9.17, 15) is 0 Å². The van der Waals surface area contributed by atoms with Crippen molar-refractivity contribution in [3.63, 3.8) is 0 Å². The van der Waals surface area contributed by atoms with E-state index in [4.69, 9.17) is 15.2 Å². The molecule has 0 aromatic heterocycles. The normalized spacial score (nSPS) is 23.3. The molecule has 0 amide bonds. The van der Waals surface area contributed by atoms with E-state index >= 15 is 0 Å². The van der Waals surface area contributed by atoms with E-state index in [1.54, 1.807) is 14.2 Å². The van der Waals surface area contributed by atoms with Gasteiger partial charge in [0.2, 0.25) is 0 Å². The molecule has 1 aromatic carbocycles. The quantitative estimate of drug-likeness (QED) is 0.876. The van der Waals surface area contributed by atoms with Crippen molar-refractivity contribution in [3.8, 4) is 11.5 Å². The van der Waals surface area contributed by atoms with Gasteiger partial charge in [0, 0.05) is 17.6 Å². The van der Waals surface area contributed by atoms with Crippen molar-refractivity contribution in [2.75, 3.05) is 27.8 Å². The summed E-state index contributed by atoms with van der Waals surface area (Å²) in [5.41, 5.74) is 7.10. The topological polar surface area (TPSA) is 47.7 Å². The third-order valence-electron chi connectivity index (χ3n) is 4.94. The number of hydrogen-bond donors (Lipinski definition) is 1. The average molecular weight is 292 g/mol. The molecule has 0 spiro atoms. The van der Waals surface area contributed by atoms with Gasteiger partial charge in [-0.3, -0.25) is 4.90 Å². The Bertz CT molecular complexity index is 464. The van der Waals surface area contributed by atoms with Crippen LogP contribution in [0.3, 0.4) is 0 Å². The fourth-order valence-electron chi connectivity index (χ4n) is 3.50. The van der Waals surface area contributed by atoms with Gasteiger partial charge in [0.25, 0.3) is 0 Å². The fraction of sp³-hybridized carbons (Fsp3) is 0.647. The van der Waals surface area contributed by atoms with Crippen LogP contribution >= 0.6 is 0 Å². The number of ether oxygens (including phenoxy) is 2. The van der Waals surface area contributed by atoms with Crippen molar-refractivity contribution >= 4 is 0 Å². The first-order chi connectivity index (χ1) is 10.1. The van der Waals surface area contributed by atoms with Crippen molar-refractivity contribution in [2.45, 2.75) is 38.3 Å². The molecule has 118 valence electrons. The highest BCUT2D eigenvalue weighted by molar-refractivity contribution is 5.42. The van der Waals surface area contributed by atoms with Gasteiger partial charge in [-0.2, -0.15) is 0 Å². The summed E-state index contributed by atoms with van der Waals surface area (Å²) >= 11 is 0. The van der Waals surface area contributed by atoms with Crippen LogP contribution in [0.25, 0.3) is 0 Å². The largest absolute Gasteiger partial charge is 0.497 e. The van der Waals surface area contributed by atoms with E-state index in [-0.39, 0.29) is 6.04 Å². The standard InChI is InChI=1S/C17H28N2O2/c1-12(19(2)16-7-5-6-13(16)11-18)15-10-14(20-3)8-9-17(15)21-4/h8-10,12-13,16H,5-7,11,18H2,1-4H3. The number of rotatable bonds is 6. The van der Waals surface area contributed by atoms with Gasteiger partial charge in [-0.15, -0.1) is 0 Å². The van der Waals surface area contributed by atoms with Gasteiger partial charge in [-0.05, 0) is 57.5 Å². The van der Waals surface area contributed by atoms with Gasteiger partial charge in [-0.25, -0.2) is 0 Å². The van der Waals surface area contributed by atoms with E-state index in [1.165, 1.54) is 24.8 Å². The highest BCUT2D eigenvalue weighted by Gasteiger charge is 2.32. The Balaban J connectivity index is 2.23. The van der Waals surface area contributed by atoms with Crippen LogP contribution in [0.4, 0.5) is 0 Å². The summed E-state index contributed by atoms with van der Waals surface area (Å²) in [5, 5.41) is 0. The second-order valence-electron chi connectivity index (χ2n) is 5.94. The molecule has 0 radical (unpaired) electrons. The zero-order valence-corrected chi connectivity index (χ0v) is 13.6. The van der Waals surface area contributed by atoms with Crippen LogP contribution in [-0.2, 0) is 0 Å². The lowest BCUT2D eigenvalue weighted by Gasteiger charge is -2.35. The molecule has 2 N–H and O–H groups in total. The molecule has 4 heteroatoms. The van der Waals surface area contributed by atoms with Crippen LogP contribution in [0.1, 0.15) is 37.8 Å². The molecule has 0 heterocycles. The first kappa shape index (κ1) is 16.1. The fourth-order valence-corrected chi connectivity index (χ4v) is 3.50. The number of hydrogen-bond acceptors (Lipinski definition) is 4. The summed E-state index contributed by atoms with van der Waals surface area (Å²) in [6.07, 6.45) is 3.75. The third-order valence-corrected chi connectivity index (χ3v) is 4.94. The second-order valence-corrected chi connectivity index (χ2v) is 5.94. The van der Waals surface area contributed by atoms with E-state index in [0.29, 0.717) is 12.0 Å². The Kier molecular flexibility index (Phi) is 5.48. The summed E-state index contributed by atoms with van der Waals surface area (Å²) in [4.78, 5) is 2.45. The predicted octanol–water partition coefficient (Wildman–Crippen LogP) is 2.82. The number of nitrogens with two attached hydrogens (primary N) is 1. The summed E-state index contributed by atoms with van der Waals surface area (Å²) in [6, 6.07) is 6.82. The van der Waals surface area contributed by atoms with Gasteiger partial charge in [0.1, 0.15) is 11.5 Å². The van der Waals surface area contributed by atoms with Crippen molar-refractivity contribution in [2.24, 2.45) is 11.7 Å². The molecular weight excluding hydrogens is 264 g/mol. The third kappa shape index (κ3) is 3.33. The molecule has 1 saturated carbocycles. The Hall–Kier alpha value is -1.26. The first-order valence-corrected chi connectivity index (χ1v) is 7.76. The van der Waals surface area contributed by atoms with Crippen LogP contribution < -0.4 is 15.2 Å². The molecule has 0 aliphatic heterocycles. The van der Waals surface area contributed by atoms with Gasteiger partial charge in [-0.1, -0.05) is 6.42 Å². The second kappa shape index (κ2) is 7.14. The molecule has 21 heavy (non-hydrogen) atoms. The Morgan fingerprint density at radius 2 is 2.05 bits per heavy atom. The zero-order chi connectivity index (χ0) is 15.4. The first-order valence-electron chi connectivity index (χ1n) is 7.76. The van der Waals surface area contributed by atoms with Crippen LogP contribution in [0.5, 0.6) is 11.5 Å². The Morgan fingerprint density at radius 3 is 2.67 bits per heavy atom. The zero-order valence-electron chi connectivity index (χ0n) is 13.6. The van der Waals surface area contributed by atoms with Gasteiger partial charge >= 0.3 is 0 Å². The maximum atomic E-state index is 5.93. The SMILES string of the molecule is COc1ccc(OC)c(C(C)N(C)C2CCCC2CN)c1. The summed E-state index contributed by atoms with van der Waals surface area (Å²) in [7, 11) is 5.61. The molecule has 3 atom stereocenters. The van der Waals surface area contributed by atoms with E-state index < -0.39 is 0 Å². The highest BCUT2D eigenvalue weighted by atomic mass is 16.5. The lowest BCUT2D eigenvalue weighted by Crippen LogP contribution is -2.39. The summed E-state index contributed by atoms with van der Waals surface area (Å²) < 4.78 is 10.9. The number of benzene rings is 1. The highest BCUT2D eigenvalue weighted by Crippen LogP contribution is 2.37. The van der Waals surface area contributed by atoms with Crippen molar-refractivity contribution in [1.29, 1.82) is 0 Å².